The first-order valence-corrected chi connectivity index (χ1v) is 5.75. The highest BCUT2D eigenvalue weighted by atomic mass is 32.2. The molecule has 1 rings (SSSR count). The molecular formula is C10H10FNO3S. The lowest BCUT2D eigenvalue weighted by molar-refractivity contribution is -0.113. The van der Waals surface area contributed by atoms with Gasteiger partial charge in [-0.3, -0.25) is 4.79 Å². The summed E-state index contributed by atoms with van der Waals surface area (Å²) < 4.78 is 12.8. The van der Waals surface area contributed by atoms with Crippen molar-refractivity contribution in [1.29, 1.82) is 0 Å². The molecule has 0 saturated carbocycles. The molecule has 1 aromatic rings. The van der Waals surface area contributed by atoms with Gasteiger partial charge < -0.3 is 10.4 Å². The predicted octanol–water partition coefficient (Wildman–Crippen LogP) is 1.83. The number of amides is 1. The van der Waals surface area contributed by atoms with E-state index in [-0.39, 0.29) is 22.9 Å². The number of rotatable bonds is 4. The minimum absolute atomic E-state index is 0.105. The standard InChI is InChI=1S/C10H10FNO3S/c1-16-5-9(13)12-8-3-2-6(11)4-7(8)10(14)15/h2-4H,5H2,1H3,(H,12,13)(H,14,15). The molecule has 0 atom stereocenters. The highest BCUT2D eigenvalue weighted by Gasteiger charge is 2.13. The first-order chi connectivity index (χ1) is 7.54. The second-order valence-corrected chi connectivity index (χ2v) is 3.84. The summed E-state index contributed by atoms with van der Waals surface area (Å²) in [4.78, 5) is 22.0. The average Bonchev–Trinajstić information content (AvgIpc) is 2.20. The molecule has 16 heavy (non-hydrogen) atoms. The van der Waals surface area contributed by atoms with Gasteiger partial charge in [0.15, 0.2) is 0 Å². The van der Waals surface area contributed by atoms with Crippen molar-refractivity contribution >= 4 is 29.3 Å². The van der Waals surface area contributed by atoms with Gasteiger partial charge in [0.25, 0.3) is 0 Å². The molecule has 0 bridgehead atoms. The van der Waals surface area contributed by atoms with Gasteiger partial charge in [0.2, 0.25) is 5.91 Å². The predicted molar refractivity (Wildman–Crippen MR) is 60.4 cm³/mol. The largest absolute Gasteiger partial charge is 0.478 e. The maximum atomic E-state index is 12.8. The SMILES string of the molecule is CSCC(=O)Nc1ccc(F)cc1C(=O)O. The Hall–Kier alpha value is -1.56. The number of carbonyl (C=O) groups is 2. The lowest BCUT2D eigenvalue weighted by Crippen LogP contribution is -2.16. The van der Waals surface area contributed by atoms with Crippen LogP contribution in [0.25, 0.3) is 0 Å². The molecular weight excluding hydrogens is 233 g/mol. The van der Waals surface area contributed by atoms with Gasteiger partial charge in [-0.05, 0) is 24.5 Å². The second-order valence-electron chi connectivity index (χ2n) is 2.98. The Morgan fingerprint density at radius 3 is 2.75 bits per heavy atom. The van der Waals surface area contributed by atoms with Crippen LogP contribution in [0.4, 0.5) is 10.1 Å². The third-order valence-corrected chi connectivity index (χ3v) is 2.31. The Balaban J connectivity index is 2.95. The van der Waals surface area contributed by atoms with Crippen LogP contribution in [0.15, 0.2) is 18.2 Å². The Morgan fingerprint density at radius 1 is 1.50 bits per heavy atom. The normalized spacial score (nSPS) is 9.88. The van der Waals surface area contributed by atoms with Gasteiger partial charge in [-0.2, -0.15) is 11.8 Å². The summed E-state index contributed by atoms with van der Waals surface area (Å²) in [5, 5.41) is 11.2. The average molecular weight is 243 g/mol. The van der Waals surface area contributed by atoms with Crippen molar-refractivity contribution in [3.63, 3.8) is 0 Å². The molecule has 0 heterocycles. The number of aromatic carboxylic acids is 1. The van der Waals surface area contributed by atoms with Crippen molar-refractivity contribution in [2.45, 2.75) is 0 Å². The third kappa shape index (κ3) is 3.23. The maximum absolute atomic E-state index is 12.8. The topological polar surface area (TPSA) is 66.4 Å². The molecule has 1 aromatic carbocycles. The zero-order valence-corrected chi connectivity index (χ0v) is 9.31. The number of carbonyl (C=O) groups excluding carboxylic acids is 1. The number of anilines is 1. The summed E-state index contributed by atoms with van der Waals surface area (Å²) in [6.45, 7) is 0. The van der Waals surface area contributed by atoms with Crippen LogP contribution in [-0.2, 0) is 4.79 Å². The first kappa shape index (κ1) is 12.5. The third-order valence-electron chi connectivity index (χ3n) is 1.76. The molecule has 0 fully saturated rings. The maximum Gasteiger partial charge on any atom is 0.337 e. The minimum atomic E-state index is -1.28. The summed E-state index contributed by atoms with van der Waals surface area (Å²) >= 11 is 1.31. The Kier molecular flexibility index (Phi) is 4.30. The smallest absolute Gasteiger partial charge is 0.337 e. The van der Waals surface area contributed by atoms with E-state index in [1.165, 1.54) is 17.8 Å². The van der Waals surface area contributed by atoms with E-state index < -0.39 is 11.8 Å². The van der Waals surface area contributed by atoms with Crippen LogP contribution in [-0.4, -0.2) is 29.0 Å². The highest BCUT2D eigenvalue weighted by molar-refractivity contribution is 7.99. The van der Waals surface area contributed by atoms with E-state index in [1.54, 1.807) is 6.26 Å². The molecule has 86 valence electrons. The van der Waals surface area contributed by atoms with E-state index >= 15 is 0 Å². The Morgan fingerprint density at radius 2 is 2.19 bits per heavy atom. The van der Waals surface area contributed by atoms with Crippen LogP contribution in [0.1, 0.15) is 10.4 Å². The van der Waals surface area contributed by atoms with Crippen molar-refractivity contribution in [3.05, 3.63) is 29.6 Å². The van der Waals surface area contributed by atoms with E-state index in [1.807, 2.05) is 0 Å². The van der Waals surface area contributed by atoms with Gasteiger partial charge in [-0.15, -0.1) is 0 Å². The van der Waals surface area contributed by atoms with E-state index in [9.17, 15) is 14.0 Å². The van der Waals surface area contributed by atoms with Crippen LogP contribution in [0.5, 0.6) is 0 Å². The van der Waals surface area contributed by atoms with Crippen LogP contribution < -0.4 is 5.32 Å². The molecule has 2 N–H and O–H groups in total. The molecule has 0 aliphatic heterocycles. The molecule has 1 amide bonds. The van der Waals surface area contributed by atoms with Crippen molar-refractivity contribution in [2.24, 2.45) is 0 Å². The summed E-state index contributed by atoms with van der Waals surface area (Å²) in [6.07, 6.45) is 1.75. The Labute approximate surface area is 95.8 Å². The number of thioether (sulfide) groups is 1. The first-order valence-electron chi connectivity index (χ1n) is 4.36. The number of halogens is 1. The van der Waals surface area contributed by atoms with Gasteiger partial charge in [0.05, 0.1) is 17.0 Å². The van der Waals surface area contributed by atoms with Crippen molar-refractivity contribution in [2.75, 3.05) is 17.3 Å². The lowest BCUT2D eigenvalue weighted by Gasteiger charge is -2.07. The molecule has 0 radical (unpaired) electrons. The van der Waals surface area contributed by atoms with Crippen molar-refractivity contribution in [1.82, 2.24) is 0 Å². The van der Waals surface area contributed by atoms with E-state index in [0.29, 0.717) is 0 Å². The molecule has 0 saturated heterocycles. The van der Waals surface area contributed by atoms with Crippen LogP contribution in [0, 0.1) is 5.82 Å². The lowest BCUT2D eigenvalue weighted by atomic mass is 10.1. The molecule has 0 aliphatic rings. The van der Waals surface area contributed by atoms with Gasteiger partial charge in [-0.1, -0.05) is 0 Å². The zero-order valence-electron chi connectivity index (χ0n) is 8.49. The number of carboxylic acids is 1. The molecule has 0 aliphatic carbocycles. The van der Waals surface area contributed by atoms with Crippen LogP contribution in [0.2, 0.25) is 0 Å². The summed E-state index contributed by atoms with van der Waals surface area (Å²) in [7, 11) is 0. The van der Waals surface area contributed by atoms with Crippen molar-refractivity contribution < 1.29 is 19.1 Å². The molecule has 0 unspecified atom stereocenters. The number of hydrogen-bond acceptors (Lipinski definition) is 3. The van der Waals surface area contributed by atoms with Crippen LogP contribution in [0.3, 0.4) is 0 Å². The number of nitrogens with one attached hydrogen (secondary N) is 1. The zero-order chi connectivity index (χ0) is 12.1. The summed E-state index contributed by atoms with van der Waals surface area (Å²) in [5.74, 6) is -2.03. The van der Waals surface area contributed by atoms with Gasteiger partial charge in [0.1, 0.15) is 5.82 Å². The number of hydrogen-bond donors (Lipinski definition) is 2. The minimum Gasteiger partial charge on any atom is -0.478 e. The number of carboxylic acid groups (broad SMARTS) is 1. The molecule has 4 nitrogen and oxygen atoms in total. The monoisotopic (exact) mass is 243 g/mol. The summed E-state index contributed by atoms with van der Waals surface area (Å²) in [6, 6.07) is 3.20. The van der Waals surface area contributed by atoms with Gasteiger partial charge in [0, 0.05) is 0 Å². The fraction of sp³-hybridized carbons (Fsp3) is 0.200. The van der Waals surface area contributed by atoms with E-state index in [0.717, 1.165) is 12.1 Å². The fourth-order valence-electron chi connectivity index (χ4n) is 1.12. The highest BCUT2D eigenvalue weighted by Crippen LogP contribution is 2.17. The Bertz CT molecular complexity index is 423. The quantitative estimate of drug-likeness (QED) is 0.846. The molecule has 0 aromatic heterocycles. The molecule has 0 spiro atoms. The van der Waals surface area contributed by atoms with Gasteiger partial charge in [-0.25, -0.2) is 9.18 Å². The summed E-state index contributed by atoms with van der Waals surface area (Å²) in [5.41, 5.74) is -0.151. The van der Waals surface area contributed by atoms with Crippen LogP contribution >= 0.6 is 11.8 Å². The second kappa shape index (κ2) is 5.50. The van der Waals surface area contributed by atoms with E-state index in [2.05, 4.69) is 5.32 Å². The van der Waals surface area contributed by atoms with E-state index in [4.69, 9.17) is 5.11 Å². The van der Waals surface area contributed by atoms with Gasteiger partial charge >= 0.3 is 5.97 Å². The van der Waals surface area contributed by atoms with Crippen molar-refractivity contribution in [3.8, 4) is 0 Å². The number of benzene rings is 1. The fourth-order valence-corrected chi connectivity index (χ4v) is 1.45. The molecule has 6 heteroatoms.